The normalized spacial score (nSPS) is 10.1. The quantitative estimate of drug-likeness (QED) is 0.647. The van der Waals surface area contributed by atoms with E-state index in [9.17, 15) is 19.3 Å². The first-order valence-corrected chi connectivity index (χ1v) is 5.83. The van der Waals surface area contributed by atoms with Crippen molar-refractivity contribution in [2.24, 2.45) is 0 Å². The van der Waals surface area contributed by atoms with Crippen LogP contribution >= 0.6 is 0 Å². The molecule has 0 saturated carbocycles. The summed E-state index contributed by atoms with van der Waals surface area (Å²) in [5.41, 5.74) is -0.726. The van der Waals surface area contributed by atoms with Crippen molar-refractivity contribution in [3.63, 3.8) is 0 Å². The van der Waals surface area contributed by atoms with E-state index in [1.54, 1.807) is 24.5 Å². The highest BCUT2D eigenvalue weighted by atomic mass is 19.1. The van der Waals surface area contributed by atoms with E-state index in [1.807, 2.05) is 0 Å². The molecule has 0 aliphatic carbocycles. The van der Waals surface area contributed by atoms with Gasteiger partial charge in [-0.05, 0) is 17.7 Å². The fourth-order valence-electron chi connectivity index (χ4n) is 1.72. The monoisotopic (exact) mass is 291 g/mol. The molecule has 0 radical (unpaired) electrons. The molecule has 1 heterocycles. The van der Waals surface area contributed by atoms with Gasteiger partial charge in [0, 0.05) is 18.9 Å². The molecule has 21 heavy (non-hydrogen) atoms. The molecule has 0 aliphatic rings. The zero-order chi connectivity index (χ0) is 15.4. The highest BCUT2D eigenvalue weighted by molar-refractivity contribution is 5.93. The molecule has 1 aromatic carbocycles. The maximum absolute atomic E-state index is 13.8. The van der Waals surface area contributed by atoms with E-state index < -0.39 is 28.0 Å². The summed E-state index contributed by atoms with van der Waals surface area (Å²) in [7, 11) is 0. The number of nitro benzene ring substituents is 1. The van der Waals surface area contributed by atoms with Crippen LogP contribution in [0.4, 0.5) is 15.8 Å². The van der Waals surface area contributed by atoms with Crippen LogP contribution in [0.5, 0.6) is 0 Å². The molecular formula is C13H10FN3O4. The summed E-state index contributed by atoms with van der Waals surface area (Å²) in [5, 5.41) is 22.4. The number of aromatic carboxylic acids is 1. The van der Waals surface area contributed by atoms with Crippen LogP contribution in [-0.4, -0.2) is 21.0 Å². The number of carboxylic acids is 1. The number of anilines is 1. The van der Waals surface area contributed by atoms with Crippen LogP contribution in [-0.2, 0) is 6.54 Å². The van der Waals surface area contributed by atoms with E-state index in [4.69, 9.17) is 5.11 Å². The second kappa shape index (κ2) is 5.95. The predicted octanol–water partition coefficient (Wildman–Crippen LogP) is 2.44. The Morgan fingerprint density at radius 3 is 2.81 bits per heavy atom. The molecule has 1 aromatic heterocycles. The van der Waals surface area contributed by atoms with Gasteiger partial charge in [-0.1, -0.05) is 6.07 Å². The maximum atomic E-state index is 13.8. The number of benzene rings is 1. The van der Waals surface area contributed by atoms with Crippen LogP contribution in [0.25, 0.3) is 0 Å². The van der Waals surface area contributed by atoms with Crippen LogP contribution in [0.15, 0.2) is 36.7 Å². The van der Waals surface area contributed by atoms with Crippen molar-refractivity contribution >= 4 is 17.3 Å². The smallest absolute Gasteiger partial charge is 0.342 e. The lowest BCUT2D eigenvalue weighted by Crippen LogP contribution is -2.07. The number of hydrogen-bond acceptors (Lipinski definition) is 5. The third kappa shape index (κ3) is 3.30. The number of carbonyl (C=O) groups is 1. The van der Waals surface area contributed by atoms with E-state index in [0.29, 0.717) is 6.07 Å². The summed E-state index contributed by atoms with van der Waals surface area (Å²) < 4.78 is 13.8. The Morgan fingerprint density at radius 1 is 1.48 bits per heavy atom. The topological polar surface area (TPSA) is 105 Å². The summed E-state index contributed by atoms with van der Waals surface area (Å²) in [6, 6.07) is 4.95. The van der Waals surface area contributed by atoms with Crippen LogP contribution in [0, 0.1) is 15.9 Å². The average molecular weight is 291 g/mol. The molecule has 0 atom stereocenters. The Kier molecular flexibility index (Phi) is 4.07. The average Bonchev–Trinajstić information content (AvgIpc) is 2.46. The fraction of sp³-hybridized carbons (Fsp3) is 0.0769. The van der Waals surface area contributed by atoms with Gasteiger partial charge in [-0.25, -0.2) is 9.18 Å². The van der Waals surface area contributed by atoms with Crippen molar-refractivity contribution < 1.29 is 19.2 Å². The summed E-state index contributed by atoms with van der Waals surface area (Å²) >= 11 is 0. The fourth-order valence-corrected chi connectivity index (χ4v) is 1.72. The van der Waals surface area contributed by atoms with Crippen LogP contribution in [0.1, 0.15) is 15.9 Å². The minimum atomic E-state index is -1.49. The second-order valence-corrected chi connectivity index (χ2v) is 4.13. The summed E-state index contributed by atoms with van der Waals surface area (Å²) in [4.78, 5) is 24.7. The Hall–Kier alpha value is -3.03. The van der Waals surface area contributed by atoms with Gasteiger partial charge in [-0.15, -0.1) is 0 Å². The van der Waals surface area contributed by atoms with Crippen molar-refractivity contribution in [3.8, 4) is 0 Å². The maximum Gasteiger partial charge on any atom is 0.342 e. The van der Waals surface area contributed by atoms with Gasteiger partial charge < -0.3 is 10.4 Å². The Labute approximate surface area is 118 Å². The van der Waals surface area contributed by atoms with Gasteiger partial charge in [0.25, 0.3) is 5.69 Å². The predicted molar refractivity (Wildman–Crippen MR) is 71.6 cm³/mol. The zero-order valence-corrected chi connectivity index (χ0v) is 10.6. The van der Waals surface area contributed by atoms with Crippen LogP contribution in [0.2, 0.25) is 0 Å². The largest absolute Gasteiger partial charge is 0.477 e. The molecule has 0 bridgehead atoms. The first kappa shape index (κ1) is 14.4. The molecular weight excluding hydrogens is 281 g/mol. The highest BCUT2D eigenvalue weighted by Crippen LogP contribution is 2.26. The number of aromatic nitrogens is 1. The Morgan fingerprint density at radius 2 is 2.24 bits per heavy atom. The van der Waals surface area contributed by atoms with Crippen molar-refractivity contribution in [2.45, 2.75) is 6.54 Å². The van der Waals surface area contributed by atoms with Crippen LogP contribution in [0.3, 0.4) is 0 Å². The van der Waals surface area contributed by atoms with Crippen molar-refractivity contribution in [1.29, 1.82) is 0 Å². The molecule has 0 amide bonds. The molecule has 2 rings (SSSR count). The molecule has 7 nitrogen and oxygen atoms in total. The van der Waals surface area contributed by atoms with Gasteiger partial charge in [0.05, 0.1) is 16.7 Å². The van der Waals surface area contributed by atoms with Gasteiger partial charge in [0.2, 0.25) is 0 Å². The molecule has 0 saturated heterocycles. The van der Waals surface area contributed by atoms with E-state index in [0.717, 1.165) is 11.6 Å². The third-order valence-electron chi connectivity index (χ3n) is 2.72. The van der Waals surface area contributed by atoms with Gasteiger partial charge in [-0.3, -0.25) is 15.1 Å². The lowest BCUT2D eigenvalue weighted by atomic mass is 10.1. The van der Waals surface area contributed by atoms with Gasteiger partial charge in [0.15, 0.2) is 5.82 Å². The van der Waals surface area contributed by atoms with E-state index in [-0.39, 0.29) is 12.2 Å². The first-order valence-electron chi connectivity index (χ1n) is 5.83. The van der Waals surface area contributed by atoms with E-state index >= 15 is 0 Å². The molecule has 0 spiro atoms. The Balaban J connectivity index is 2.30. The first-order chi connectivity index (χ1) is 9.99. The molecule has 8 heteroatoms. The van der Waals surface area contributed by atoms with Crippen LogP contribution < -0.4 is 5.32 Å². The number of halogens is 1. The summed E-state index contributed by atoms with van der Waals surface area (Å²) in [6.45, 7) is 0.210. The number of rotatable bonds is 5. The number of hydrogen-bond donors (Lipinski definition) is 2. The lowest BCUT2D eigenvalue weighted by Gasteiger charge is -2.09. The van der Waals surface area contributed by atoms with E-state index in [2.05, 4.69) is 10.3 Å². The summed E-state index contributed by atoms with van der Waals surface area (Å²) in [6.07, 6.45) is 3.15. The van der Waals surface area contributed by atoms with Gasteiger partial charge in [-0.2, -0.15) is 0 Å². The molecule has 2 aromatic rings. The van der Waals surface area contributed by atoms with Gasteiger partial charge >= 0.3 is 5.97 Å². The van der Waals surface area contributed by atoms with Crippen molar-refractivity contribution in [3.05, 3.63) is 63.7 Å². The number of nitro groups is 1. The number of pyridine rings is 1. The van der Waals surface area contributed by atoms with Crippen molar-refractivity contribution in [1.82, 2.24) is 4.98 Å². The molecule has 0 aliphatic heterocycles. The molecule has 2 N–H and O–H groups in total. The van der Waals surface area contributed by atoms with Crippen molar-refractivity contribution in [2.75, 3.05) is 5.32 Å². The van der Waals surface area contributed by atoms with E-state index in [1.165, 1.54) is 0 Å². The third-order valence-corrected chi connectivity index (χ3v) is 2.72. The number of nitrogens with zero attached hydrogens (tertiary/aromatic N) is 2. The number of carboxylic acid groups (broad SMARTS) is 1. The number of nitrogens with one attached hydrogen (secondary N) is 1. The van der Waals surface area contributed by atoms with Gasteiger partial charge in [0.1, 0.15) is 5.56 Å². The minimum Gasteiger partial charge on any atom is -0.477 e. The highest BCUT2D eigenvalue weighted by Gasteiger charge is 2.23. The Bertz CT molecular complexity index is 691. The second-order valence-electron chi connectivity index (χ2n) is 4.13. The standard InChI is InChI=1S/C13H10FN3O4/c14-10-5-12(17(20)21)9(13(18)19)4-11(10)16-7-8-2-1-3-15-6-8/h1-6,16H,7H2,(H,18,19). The molecule has 0 unspecified atom stereocenters. The molecule has 0 fully saturated rings. The minimum absolute atomic E-state index is 0.123. The lowest BCUT2D eigenvalue weighted by molar-refractivity contribution is -0.385. The SMILES string of the molecule is O=C(O)c1cc(NCc2cccnc2)c(F)cc1[N+](=O)[O-]. The summed E-state index contributed by atoms with van der Waals surface area (Å²) in [5.74, 6) is -2.39. The molecule has 108 valence electrons. The zero-order valence-electron chi connectivity index (χ0n) is 10.6.